The maximum absolute atomic E-state index is 13.3. The molecule has 1 saturated carbocycles. The van der Waals surface area contributed by atoms with Crippen molar-refractivity contribution in [2.75, 3.05) is 20.1 Å². The van der Waals surface area contributed by atoms with E-state index in [1.165, 1.54) is 7.05 Å². The number of amides is 3. The maximum Gasteiger partial charge on any atom is 0.407 e. The summed E-state index contributed by atoms with van der Waals surface area (Å²) in [5.41, 5.74) is 2.32. The van der Waals surface area contributed by atoms with Crippen LogP contribution in [0.2, 0.25) is 0 Å². The fourth-order valence-electron chi connectivity index (χ4n) is 5.74. The average Bonchev–Trinajstić information content (AvgIpc) is 2.99. The molecule has 230 valence electrons. The quantitative estimate of drug-likeness (QED) is 0.258. The van der Waals surface area contributed by atoms with Gasteiger partial charge >= 0.3 is 6.09 Å². The first kappa shape index (κ1) is 34.5. The van der Waals surface area contributed by atoms with Gasteiger partial charge in [-0.2, -0.15) is 0 Å². The zero-order chi connectivity index (χ0) is 30.9. The van der Waals surface area contributed by atoms with Crippen molar-refractivity contribution in [3.8, 4) is 0 Å². The second kappa shape index (κ2) is 15.5. The minimum atomic E-state index is -0.502. The van der Waals surface area contributed by atoms with Crippen LogP contribution in [0.25, 0.3) is 0 Å². The summed E-state index contributed by atoms with van der Waals surface area (Å²) in [6.07, 6.45) is 9.85. The van der Waals surface area contributed by atoms with Crippen molar-refractivity contribution < 1.29 is 19.1 Å². The van der Waals surface area contributed by atoms with Gasteiger partial charge in [-0.25, -0.2) is 4.79 Å². The molecule has 0 aromatic heterocycles. The lowest BCUT2D eigenvalue weighted by Crippen LogP contribution is -2.39. The Bertz CT molecular complexity index is 1060. The standard InChI is InChI=1S/C32H51ClN4O4/c1-10-37(26-15-13-24(14-16-26)12-11-22(4)36-31(40)41-32(6,7)8)27-18-25(33)17-20(2)28(23(27)5)30(39)35-19-21(3)29(38)34-9/h17-18,20,22,24,26H,3,10-16,19H2,1-2,4-9H3,(H,34,38)(H,35,39)(H,36,40). The number of hydrogen-bond acceptors (Lipinski definition) is 5. The van der Waals surface area contributed by atoms with Gasteiger partial charge in [-0.3, -0.25) is 9.59 Å². The molecule has 2 atom stereocenters. The third-order valence-corrected chi connectivity index (χ3v) is 8.10. The second-order valence-electron chi connectivity index (χ2n) is 12.4. The zero-order valence-electron chi connectivity index (χ0n) is 26.3. The first-order chi connectivity index (χ1) is 19.2. The number of ether oxygens (including phenoxy) is 1. The van der Waals surface area contributed by atoms with Crippen molar-refractivity contribution in [2.45, 2.75) is 105 Å². The molecule has 2 aliphatic carbocycles. The number of rotatable bonds is 11. The van der Waals surface area contributed by atoms with E-state index in [-0.39, 0.29) is 36.4 Å². The van der Waals surface area contributed by atoms with Gasteiger partial charge in [0.1, 0.15) is 5.60 Å². The fraction of sp³-hybridized carbons (Fsp3) is 0.656. The van der Waals surface area contributed by atoms with Crippen molar-refractivity contribution in [1.82, 2.24) is 20.9 Å². The highest BCUT2D eigenvalue weighted by Crippen LogP contribution is 2.37. The fourth-order valence-corrected chi connectivity index (χ4v) is 6.03. The molecule has 0 saturated heterocycles. The van der Waals surface area contributed by atoms with Crippen LogP contribution >= 0.6 is 11.6 Å². The van der Waals surface area contributed by atoms with E-state index in [9.17, 15) is 14.4 Å². The Kier molecular flexibility index (Phi) is 13.0. The minimum Gasteiger partial charge on any atom is -0.444 e. The predicted octanol–water partition coefficient (Wildman–Crippen LogP) is 5.95. The summed E-state index contributed by atoms with van der Waals surface area (Å²) in [4.78, 5) is 39.6. The lowest BCUT2D eigenvalue weighted by molar-refractivity contribution is -0.118. The summed E-state index contributed by atoms with van der Waals surface area (Å²) in [6.45, 7) is 18.4. The van der Waals surface area contributed by atoms with Crippen LogP contribution in [0, 0.1) is 11.8 Å². The molecule has 2 aliphatic rings. The first-order valence-corrected chi connectivity index (χ1v) is 15.3. The Labute approximate surface area is 252 Å². The Morgan fingerprint density at radius 1 is 1.20 bits per heavy atom. The first-order valence-electron chi connectivity index (χ1n) is 14.9. The van der Waals surface area contributed by atoms with Gasteiger partial charge in [-0.05, 0) is 97.6 Å². The summed E-state index contributed by atoms with van der Waals surface area (Å²) in [7, 11) is 1.54. The van der Waals surface area contributed by atoms with Crippen molar-refractivity contribution in [1.29, 1.82) is 0 Å². The van der Waals surface area contributed by atoms with Crippen LogP contribution in [-0.2, 0) is 14.3 Å². The Balaban J connectivity index is 2.06. The van der Waals surface area contributed by atoms with Gasteiger partial charge < -0.3 is 25.6 Å². The molecule has 3 amide bonds. The number of carbonyl (C=O) groups is 3. The van der Waals surface area contributed by atoms with Crippen molar-refractivity contribution >= 4 is 29.5 Å². The average molecular weight is 591 g/mol. The molecular formula is C32H51ClN4O4. The lowest BCUT2D eigenvalue weighted by atomic mass is 9.81. The van der Waals surface area contributed by atoms with Crippen LogP contribution in [0.5, 0.6) is 0 Å². The van der Waals surface area contributed by atoms with Crippen molar-refractivity contribution in [3.63, 3.8) is 0 Å². The number of likely N-dealkylation sites (N-methyl/N-ethyl adjacent to an activating group) is 2. The zero-order valence-corrected chi connectivity index (χ0v) is 27.0. The molecule has 3 N–H and O–H groups in total. The number of nitrogens with zero attached hydrogens (tertiary/aromatic N) is 1. The summed E-state index contributed by atoms with van der Waals surface area (Å²) >= 11 is 6.63. The SMILES string of the molecule is C=C(CNC(=O)C1=C(C)C(N(CC)C2CCC(CCC(C)NC(=O)OC(C)(C)C)CC2)=CC(Cl)=CC1C)C(=O)NC. The van der Waals surface area contributed by atoms with E-state index < -0.39 is 5.60 Å². The maximum atomic E-state index is 13.3. The van der Waals surface area contributed by atoms with Crippen LogP contribution in [-0.4, -0.2) is 60.6 Å². The Morgan fingerprint density at radius 3 is 2.39 bits per heavy atom. The number of carbonyl (C=O) groups excluding carboxylic acids is 3. The Morgan fingerprint density at radius 2 is 1.83 bits per heavy atom. The second-order valence-corrected chi connectivity index (χ2v) is 12.8. The van der Waals surface area contributed by atoms with Gasteiger partial charge in [-0.15, -0.1) is 0 Å². The van der Waals surface area contributed by atoms with E-state index in [4.69, 9.17) is 16.3 Å². The molecule has 9 heteroatoms. The summed E-state index contributed by atoms with van der Waals surface area (Å²) in [6, 6.07) is 0.414. The number of nitrogens with one attached hydrogen (secondary N) is 3. The van der Waals surface area contributed by atoms with Gasteiger partial charge in [0.15, 0.2) is 0 Å². The third kappa shape index (κ3) is 10.6. The largest absolute Gasteiger partial charge is 0.444 e. The van der Waals surface area contributed by atoms with Crippen LogP contribution in [0.1, 0.15) is 87.0 Å². The molecule has 0 spiro atoms. The highest BCUT2D eigenvalue weighted by Gasteiger charge is 2.31. The summed E-state index contributed by atoms with van der Waals surface area (Å²) in [5.74, 6) is -0.0847. The van der Waals surface area contributed by atoms with Gasteiger partial charge in [-0.1, -0.05) is 31.2 Å². The lowest BCUT2D eigenvalue weighted by Gasteiger charge is -2.40. The van der Waals surface area contributed by atoms with Crippen LogP contribution in [0.4, 0.5) is 4.79 Å². The highest BCUT2D eigenvalue weighted by molar-refractivity contribution is 6.31. The van der Waals surface area contributed by atoms with E-state index in [0.717, 1.165) is 56.3 Å². The van der Waals surface area contributed by atoms with E-state index >= 15 is 0 Å². The number of halogens is 1. The number of allylic oxidation sites excluding steroid dienone is 4. The van der Waals surface area contributed by atoms with E-state index in [0.29, 0.717) is 28.1 Å². The van der Waals surface area contributed by atoms with Crippen molar-refractivity contribution in [2.24, 2.45) is 11.8 Å². The predicted molar refractivity (Wildman–Crippen MR) is 166 cm³/mol. The monoisotopic (exact) mass is 590 g/mol. The Hall–Kier alpha value is -2.74. The summed E-state index contributed by atoms with van der Waals surface area (Å²) in [5, 5.41) is 8.97. The smallest absolute Gasteiger partial charge is 0.407 e. The van der Waals surface area contributed by atoms with Gasteiger partial charge in [0.05, 0.1) is 0 Å². The molecule has 0 bridgehead atoms. The summed E-state index contributed by atoms with van der Waals surface area (Å²) < 4.78 is 5.38. The molecule has 2 rings (SSSR count). The van der Waals surface area contributed by atoms with E-state index in [2.05, 4.69) is 34.4 Å². The molecule has 0 aliphatic heterocycles. The molecule has 0 radical (unpaired) electrons. The molecule has 0 aromatic rings. The molecule has 0 aromatic carbocycles. The molecule has 0 heterocycles. The van der Waals surface area contributed by atoms with Gasteiger partial charge in [0, 0.05) is 60.0 Å². The van der Waals surface area contributed by atoms with Crippen LogP contribution in [0.3, 0.4) is 0 Å². The normalized spacial score (nSPS) is 22.0. The van der Waals surface area contributed by atoms with Gasteiger partial charge in [0.25, 0.3) is 0 Å². The topological polar surface area (TPSA) is 99.8 Å². The highest BCUT2D eigenvalue weighted by atomic mass is 35.5. The van der Waals surface area contributed by atoms with Crippen LogP contribution in [0.15, 0.2) is 46.2 Å². The minimum absolute atomic E-state index is 0.0626. The molecular weight excluding hydrogens is 540 g/mol. The third-order valence-electron chi connectivity index (χ3n) is 7.86. The molecule has 1 fully saturated rings. The van der Waals surface area contributed by atoms with E-state index in [1.54, 1.807) is 0 Å². The van der Waals surface area contributed by atoms with E-state index in [1.807, 2.05) is 53.7 Å². The van der Waals surface area contributed by atoms with Crippen molar-refractivity contribution in [3.05, 3.63) is 46.2 Å². The molecule has 2 unspecified atom stereocenters. The van der Waals surface area contributed by atoms with Gasteiger partial charge in [0.2, 0.25) is 11.8 Å². The van der Waals surface area contributed by atoms with Crippen LogP contribution < -0.4 is 16.0 Å². The number of hydrogen-bond donors (Lipinski definition) is 3. The number of alkyl carbamates (subject to hydrolysis) is 1. The molecule has 41 heavy (non-hydrogen) atoms. The molecule has 8 nitrogen and oxygen atoms in total.